The predicted octanol–water partition coefficient (Wildman–Crippen LogP) is 2.65. The molecule has 0 bridgehead atoms. The van der Waals surface area contributed by atoms with Gasteiger partial charge in [0.1, 0.15) is 0 Å². The van der Waals surface area contributed by atoms with Crippen molar-refractivity contribution in [3.63, 3.8) is 0 Å². The van der Waals surface area contributed by atoms with Crippen LogP contribution in [0.2, 0.25) is 0 Å². The van der Waals surface area contributed by atoms with Crippen LogP contribution in [0.3, 0.4) is 0 Å². The topological polar surface area (TPSA) is 51.0 Å². The van der Waals surface area contributed by atoms with Crippen LogP contribution in [0, 0.1) is 0 Å². The van der Waals surface area contributed by atoms with Crippen LogP contribution in [0.25, 0.3) is 0 Å². The average Bonchev–Trinajstić information content (AvgIpc) is 2.89. The molecule has 0 aliphatic heterocycles. The van der Waals surface area contributed by atoms with Gasteiger partial charge in [0.25, 0.3) is 0 Å². The first kappa shape index (κ1) is 13.2. The predicted molar refractivity (Wildman–Crippen MR) is 72.9 cm³/mol. The zero-order valence-electron chi connectivity index (χ0n) is 11.1. The van der Waals surface area contributed by atoms with E-state index in [0.717, 1.165) is 19.4 Å². The van der Waals surface area contributed by atoms with Crippen molar-refractivity contribution in [2.45, 2.75) is 39.2 Å². The summed E-state index contributed by atoms with van der Waals surface area (Å²) in [5.74, 6) is 1.40. The molecular formula is C13H19N3OS. The molecule has 0 fully saturated rings. The minimum Gasteiger partial charge on any atom is -0.425 e. The third-order valence-corrected chi connectivity index (χ3v) is 3.17. The third-order valence-electron chi connectivity index (χ3n) is 2.44. The molecule has 4 nitrogen and oxygen atoms in total. The standard InChI is InChI=1S/C13H19N3OS/c1-13(2,3)14-6-4-11-15-16-12(17-11)8-10-5-7-18-9-10/h5,7,9,14H,4,6,8H2,1-3H3. The number of nitrogens with zero attached hydrogens (tertiary/aromatic N) is 2. The lowest BCUT2D eigenvalue weighted by Gasteiger charge is -2.19. The van der Waals surface area contributed by atoms with E-state index in [4.69, 9.17) is 4.42 Å². The normalized spacial score (nSPS) is 11.9. The lowest BCUT2D eigenvalue weighted by Crippen LogP contribution is -2.37. The van der Waals surface area contributed by atoms with Gasteiger partial charge in [-0.1, -0.05) is 0 Å². The van der Waals surface area contributed by atoms with Gasteiger partial charge in [-0.2, -0.15) is 11.3 Å². The molecule has 0 amide bonds. The molecule has 0 aliphatic rings. The Morgan fingerprint density at radius 2 is 2.06 bits per heavy atom. The lowest BCUT2D eigenvalue weighted by molar-refractivity contribution is 0.403. The summed E-state index contributed by atoms with van der Waals surface area (Å²) in [6.07, 6.45) is 1.50. The summed E-state index contributed by atoms with van der Waals surface area (Å²) in [4.78, 5) is 0. The lowest BCUT2D eigenvalue weighted by atomic mass is 10.1. The molecule has 2 aromatic rings. The van der Waals surface area contributed by atoms with Crippen molar-refractivity contribution >= 4 is 11.3 Å². The maximum Gasteiger partial charge on any atom is 0.220 e. The van der Waals surface area contributed by atoms with Crippen molar-refractivity contribution in [3.05, 3.63) is 34.2 Å². The molecule has 0 saturated carbocycles. The quantitative estimate of drug-likeness (QED) is 0.903. The second kappa shape index (κ2) is 5.63. The molecule has 1 N–H and O–H groups in total. The molecule has 0 radical (unpaired) electrons. The first-order valence-electron chi connectivity index (χ1n) is 6.10. The summed E-state index contributed by atoms with van der Waals surface area (Å²) in [5, 5.41) is 15.7. The highest BCUT2D eigenvalue weighted by molar-refractivity contribution is 7.07. The van der Waals surface area contributed by atoms with Gasteiger partial charge in [0.05, 0.1) is 6.42 Å². The molecule has 2 heterocycles. The van der Waals surface area contributed by atoms with Crippen molar-refractivity contribution in [1.82, 2.24) is 15.5 Å². The van der Waals surface area contributed by atoms with E-state index >= 15 is 0 Å². The van der Waals surface area contributed by atoms with E-state index in [2.05, 4.69) is 53.1 Å². The second-order valence-corrected chi connectivity index (χ2v) is 6.10. The van der Waals surface area contributed by atoms with E-state index in [1.54, 1.807) is 11.3 Å². The van der Waals surface area contributed by atoms with E-state index in [-0.39, 0.29) is 5.54 Å². The summed E-state index contributed by atoms with van der Waals surface area (Å²) < 4.78 is 5.61. The molecule has 0 unspecified atom stereocenters. The third kappa shape index (κ3) is 4.23. The first-order chi connectivity index (χ1) is 8.53. The van der Waals surface area contributed by atoms with E-state index < -0.39 is 0 Å². The largest absolute Gasteiger partial charge is 0.425 e. The smallest absolute Gasteiger partial charge is 0.220 e. The maximum atomic E-state index is 5.61. The van der Waals surface area contributed by atoms with Crippen molar-refractivity contribution in [1.29, 1.82) is 0 Å². The fourth-order valence-electron chi connectivity index (χ4n) is 1.57. The molecular weight excluding hydrogens is 246 g/mol. The molecule has 0 spiro atoms. The summed E-state index contributed by atoms with van der Waals surface area (Å²) in [5.41, 5.74) is 1.35. The van der Waals surface area contributed by atoms with E-state index in [0.29, 0.717) is 11.8 Å². The van der Waals surface area contributed by atoms with Gasteiger partial charge in [0.15, 0.2) is 0 Å². The van der Waals surface area contributed by atoms with Gasteiger partial charge < -0.3 is 9.73 Å². The molecule has 0 atom stereocenters. The Hall–Kier alpha value is -1.20. The number of nitrogens with one attached hydrogen (secondary N) is 1. The van der Waals surface area contributed by atoms with Crippen molar-refractivity contribution in [2.24, 2.45) is 0 Å². The number of aromatic nitrogens is 2. The summed E-state index contributed by atoms with van der Waals surface area (Å²) in [7, 11) is 0. The Bertz CT molecular complexity index is 471. The fraction of sp³-hybridized carbons (Fsp3) is 0.538. The zero-order valence-corrected chi connectivity index (χ0v) is 11.9. The van der Waals surface area contributed by atoms with Crippen LogP contribution in [0.5, 0.6) is 0 Å². The Morgan fingerprint density at radius 1 is 1.28 bits per heavy atom. The van der Waals surface area contributed by atoms with Gasteiger partial charge in [-0.3, -0.25) is 0 Å². The van der Waals surface area contributed by atoms with Gasteiger partial charge >= 0.3 is 0 Å². The van der Waals surface area contributed by atoms with Crippen LogP contribution in [-0.2, 0) is 12.8 Å². The Labute approximate surface area is 111 Å². The molecule has 0 saturated heterocycles. The number of hydrogen-bond acceptors (Lipinski definition) is 5. The molecule has 5 heteroatoms. The van der Waals surface area contributed by atoms with Gasteiger partial charge in [0.2, 0.25) is 11.8 Å². The zero-order chi connectivity index (χ0) is 13.0. The monoisotopic (exact) mass is 265 g/mol. The van der Waals surface area contributed by atoms with Crippen molar-refractivity contribution in [2.75, 3.05) is 6.54 Å². The summed E-state index contributed by atoms with van der Waals surface area (Å²) in [6.45, 7) is 7.28. The second-order valence-electron chi connectivity index (χ2n) is 5.32. The van der Waals surface area contributed by atoms with Crippen LogP contribution in [-0.4, -0.2) is 22.3 Å². The molecule has 0 aromatic carbocycles. The van der Waals surface area contributed by atoms with Crippen LogP contribution in [0.1, 0.15) is 38.1 Å². The number of hydrogen-bond donors (Lipinski definition) is 1. The molecule has 18 heavy (non-hydrogen) atoms. The van der Waals surface area contributed by atoms with Gasteiger partial charge in [-0.05, 0) is 43.2 Å². The maximum absolute atomic E-state index is 5.61. The van der Waals surface area contributed by atoms with Gasteiger partial charge in [-0.15, -0.1) is 10.2 Å². The van der Waals surface area contributed by atoms with Crippen LogP contribution in [0.4, 0.5) is 0 Å². The number of thiophene rings is 1. The Balaban J connectivity index is 1.83. The number of rotatable bonds is 5. The van der Waals surface area contributed by atoms with Gasteiger partial charge in [-0.25, -0.2) is 0 Å². The van der Waals surface area contributed by atoms with Gasteiger partial charge in [0, 0.05) is 18.5 Å². The van der Waals surface area contributed by atoms with Crippen LogP contribution >= 0.6 is 11.3 Å². The molecule has 0 aliphatic carbocycles. The fourth-order valence-corrected chi connectivity index (χ4v) is 2.24. The molecule has 2 aromatic heterocycles. The minimum absolute atomic E-state index is 0.125. The van der Waals surface area contributed by atoms with Crippen molar-refractivity contribution in [3.8, 4) is 0 Å². The highest BCUT2D eigenvalue weighted by Crippen LogP contribution is 2.12. The highest BCUT2D eigenvalue weighted by atomic mass is 32.1. The van der Waals surface area contributed by atoms with Crippen molar-refractivity contribution < 1.29 is 4.42 Å². The van der Waals surface area contributed by atoms with E-state index in [1.165, 1.54) is 5.56 Å². The van der Waals surface area contributed by atoms with Crippen LogP contribution in [0.15, 0.2) is 21.2 Å². The Kier molecular flexibility index (Phi) is 4.14. The minimum atomic E-state index is 0.125. The van der Waals surface area contributed by atoms with E-state index in [9.17, 15) is 0 Å². The SMILES string of the molecule is CC(C)(C)NCCc1nnc(Cc2ccsc2)o1. The Morgan fingerprint density at radius 3 is 2.72 bits per heavy atom. The molecule has 98 valence electrons. The average molecular weight is 265 g/mol. The first-order valence-corrected chi connectivity index (χ1v) is 7.04. The van der Waals surface area contributed by atoms with E-state index in [1.807, 2.05) is 0 Å². The summed E-state index contributed by atoms with van der Waals surface area (Å²) >= 11 is 1.68. The summed E-state index contributed by atoms with van der Waals surface area (Å²) in [6, 6.07) is 2.08. The van der Waals surface area contributed by atoms with Crippen LogP contribution < -0.4 is 5.32 Å². The molecule has 2 rings (SSSR count). The highest BCUT2D eigenvalue weighted by Gasteiger charge is 2.10.